The molecular formula is C22H38O3. The minimum Gasteiger partial charge on any atom is -0.393 e. The van der Waals surface area contributed by atoms with Crippen LogP contribution in [0.25, 0.3) is 0 Å². The first-order valence-corrected chi connectivity index (χ1v) is 10.7. The quantitative estimate of drug-likeness (QED) is 0.677. The van der Waals surface area contributed by atoms with Gasteiger partial charge in [0.05, 0.1) is 18.3 Å². The van der Waals surface area contributed by atoms with Crippen molar-refractivity contribution in [1.82, 2.24) is 0 Å². The van der Waals surface area contributed by atoms with Gasteiger partial charge in [-0.1, -0.05) is 27.7 Å². The molecule has 1 unspecified atom stereocenters. The van der Waals surface area contributed by atoms with Crippen molar-refractivity contribution in [2.75, 3.05) is 0 Å². The van der Waals surface area contributed by atoms with E-state index in [1.807, 2.05) is 0 Å². The van der Waals surface area contributed by atoms with E-state index in [4.69, 9.17) is 0 Å². The van der Waals surface area contributed by atoms with Gasteiger partial charge >= 0.3 is 0 Å². The first-order chi connectivity index (χ1) is 11.7. The van der Waals surface area contributed by atoms with E-state index in [0.29, 0.717) is 35.5 Å². The number of fused-ring (bicyclic) bond motifs is 5. The molecule has 0 heterocycles. The van der Waals surface area contributed by atoms with Crippen LogP contribution in [-0.4, -0.2) is 33.6 Å². The molecule has 0 spiro atoms. The fourth-order valence-corrected chi connectivity index (χ4v) is 8.29. The minimum atomic E-state index is -0.254. The van der Waals surface area contributed by atoms with Gasteiger partial charge in [0.15, 0.2) is 0 Å². The number of aliphatic hydroxyl groups excluding tert-OH is 3. The van der Waals surface area contributed by atoms with Crippen molar-refractivity contribution in [3.05, 3.63) is 0 Å². The van der Waals surface area contributed by atoms with Gasteiger partial charge in [-0.25, -0.2) is 0 Å². The normalized spacial score (nSPS) is 58.6. The van der Waals surface area contributed by atoms with Gasteiger partial charge in [0.25, 0.3) is 0 Å². The van der Waals surface area contributed by atoms with Gasteiger partial charge in [0.2, 0.25) is 0 Å². The van der Waals surface area contributed by atoms with Crippen LogP contribution in [0, 0.1) is 46.3 Å². The fourth-order valence-electron chi connectivity index (χ4n) is 8.29. The van der Waals surface area contributed by atoms with Crippen molar-refractivity contribution in [1.29, 1.82) is 0 Å². The average Bonchev–Trinajstić information content (AvgIpc) is 2.89. The third-order valence-electron chi connectivity index (χ3n) is 9.64. The predicted molar refractivity (Wildman–Crippen MR) is 98.8 cm³/mol. The van der Waals surface area contributed by atoms with E-state index in [-0.39, 0.29) is 29.1 Å². The summed E-state index contributed by atoms with van der Waals surface area (Å²) in [6, 6.07) is 0. The third kappa shape index (κ3) is 2.41. The van der Waals surface area contributed by atoms with Crippen LogP contribution in [-0.2, 0) is 0 Å². The molecule has 4 aliphatic carbocycles. The van der Waals surface area contributed by atoms with Gasteiger partial charge in [-0.3, -0.25) is 0 Å². The smallest absolute Gasteiger partial charge is 0.0602 e. The van der Waals surface area contributed by atoms with Crippen LogP contribution < -0.4 is 0 Å². The molecule has 0 radical (unpaired) electrons. The summed E-state index contributed by atoms with van der Waals surface area (Å²) in [5, 5.41) is 32.6. The Morgan fingerprint density at radius 3 is 2.28 bits per heavy atom. The fraction of sp³-hybridized carbons (Fsp3) is 1.00. The largest absolute Gasteiger partial charge is 0.393 e. The molecule has 144 valence electrons. The van der Waals surface area contributed by atoms with Crippen LogP contribution in [0.5, 0.6) is 0 Å². The van der Waals surface area contributed by atoms with Crippen LogP contribution in [0.3, 0.4) is 0 Å². The Morgan fingerprint density at radius 1 is 0.880 bits per heavy atom. The number of hydrogen-bond acceptors (Lipinski definition) is 3. The zero-order valence-corrected chi connectivity index (χ0v) is 16.5. The Hall–Kier alpha value is -0.120. The van der Waals surface area contributed by atoms with Crippen LogP contribution in [0.1, 0.15) is 72.6 Å². The molecule has 3 nitrogen and oxygen atoms in total. The van der Waals surface area contributed by atoms with Crippen molar-refractivity contribution in [3.63, 3.8) is 0 Å². The number of rotatable bonds is 1. The van der Waals surface area contributed by atoms with E-state index < -0.39 is 0 Å². The lowest BCUT2D eigenvalue weighted by atomic mass is 9.43. The Labute approximate surface area is 153 Å². The van der Waals surface area contributed by atoms with E-state index in [1.54, 1.807) is 0 Å². The summed E-state index contributed by atoms with van der Waals surface area (Å²) in [4.78, 5) is 0. The summed E-state index contributed by atoms with van der Waals surface area (Å²) in [5.74, 6) is 2.77. The number of hydrogen-bond donors (Lipinski definition) is 3. The molecule has 0 aromatic rings. The van der Waals surface area contributed by atoms with Crippen LogP contribution in [0.15, 0.2) is 0 Å². The second-order valence-electron chi connectivity index (χ2n) is 10.8. The lowest BCUT2D eigenvalue weighted by molar-refractivity contribution is -0.206. The van der Waals surface area contributed by atoms with E-state index in [1.165, 1.54) is 6.42 Å². The van der Waals surface area contributed by atoms with Crippen LogP contribution in [0.4, 0.5) is 0 Å². The van der Waals surface area contributed by atoms with Gasteiger partial charge in [-0.2, -0.15) is 0 Å². The first-order valence-electron chi connectivity index (χ1n) is 10.7. The Kier molecular flexibility index (Phi) is 4.34. The van der Waals surface area contributed by atoms with E-state index in [0.717, 1.165) is 38.5 Å². The maximum absolute atomic E-state index is 11.3. The number of aliphatic hydroxyl groups is 3. The van der Waals surface area contributed by atoms with E-state index in [2.05, 4.69) is 27.7 Å². The zero-order chi connectivity index (χ0) is 18.1. The van der Waals surface area contributed by atoms with Gasteiger partial charge in [-0.15, -0.1) is 0 Å². The van der Waals surface area contributed by atoms with Crippen molar-refractivity contribution < 1.29 is 15.3 Å². The molecule has 0 bridgehead atoms. The summed E-state index contributed by atoms with van der Waals surface area (Å²) in [6.07, 6.45) is 6.14. The van der Waals surface area contributed by atoms with Crippen molar-refractivity contribution in [2.24, 2.45) is 46.3 Å². The summed E-state index contributed by atoms with van der Waals surface area (Å²) in [6.45, 7) is 9.32. The molecule has 25 heavy (non-hydrogen) atoms. The zero-order valence-electron chi connectivity index (χ0n) is 16.5. The molecule has 10 atom stereocenters. The topological polar surface area (TPSA) is 60.7 Å². The monoisotopic (exact) mass is 350 g/mol. The highest BCUT2D eigenvalue weighted by Crippen LogP contribution is 2.68. The first kappa shape index (κ1) is 18.3. The molecule has 0 aromatic heterocycles. The lowest BCUT2D eigenvalue weighted by Crippen LogP contribution is -2.62. The Bertz CT molecular complexity index is 519. The van der Waals surface area contributed by atoms with Gasteiger partial charge in [0, 0.05) is 0 Å². The standard InChI is InChI=1S/C22H38O3/c1-12(2)15-5-6-16-20-17(11-19(25)22(15,16)4)21(3)8-7-14(23)9-13(21)10-18(20)24/h12-20,23-25H,5-11H2,1-4H3/t13-,14-,15-,16+,17+,18-,19+,20?,21+,22-/m1/s1. The summed E-state index contributed by atoms with van der Waals surface area (Å²) in [7, 11) is 0. The molecule has 4 rings (SSSR count). The SMILES string of the molecule is CC(C)[C@H]1CC[C@H]2C3[C@H](O)C[C@H]4C[C@H](O)CC[C@]4(C)[C@H]3C[C@H](O)[C@]12C. The van der Waals surface area contributed by atoms with E-state index in [9.17, 15) is 15.3 Å². The Morgan fingerprint density at radius 2 is 1.60 bits per heavy atom. The van der Waals surface area contributed by atoms with Crippen molar-refractivity contribution in [3.8, 4) is 0 Å². The molecule has 4 saturated carbocycles. The summed E-state index contributed by atoms with van der Waals surface area (Å²) < 4.78 is 0. The molecule has 0 amide bonds. The molecule has 3 N–H and O–H groups in total. The molecule has 0 saturated heterocycles. The van der Waals surface area contributed by atoms with Crippen molar-refractivity contribution >= 4 is 0 Å². The van der Waals surface area contributed by atoms with Crippen molar-refractivity contribution in [2.45, 2.75) is 91.0 Å². The maximum atomic E-state index is 11.3. The minimum absolute atomic E-state index is 0.0340. The van der Waals surface area contributed by atoms with E-state index >= 15 is 0 Å². The van der Waals surface area contributed by atoms with Gasteiger partial charge < -0.3 is 15.3 Å². The molecule has 4 fully saturated rings. The summed E-state index contributed by atoms with van der Waals surface area (Å²) in [5.41, 5.74) is 0.148. The second-order valence-corrected chi connectivity index (χ2v) is 10.8. The molecule has 0 aromatic carbocycles. The van der Waals surface area contributed by atoms with Gasteiger partial charge in [0.1, 0.15) is 0 Å². The highest BCUT2D eigenvalue weighted by molar-refractivity contribution is 5.14. The summed E-state index contributed by atoms with van der Waals surface area (Å²) >= 11 is 0. The molecule has 0 aliphatic heterocycles. The molecule has 3 heteroatoms. The third-order valence-corrected chi connectivity index (χ3v) is 9.64. The average molecular weight is 351 g/mol. The predicted octanol–water partition coefficient (Wildman–Crippen LogP) is 3.60. The molecule has 4 aliphatic rings. The maximum Gasteiger partial charge on any atom is 0.0602 e. The van der Waals surface area contributed by atoms with Crippen LogP contribution >= 0.6 is 0 Å². The lowest BCUT2D eigenvalue weighted by Gasteiger charge is -2.63. The van der Waals surface area contributed by atoms with Crippen LogP contribution in [0.2, 0.25) is 0 Å². The second kappa shape index (κ2) is 5.94. The Balaban J connectivity index is 1.70. The molecular weight excluding hydrogens is 312 g/mol. The highest BCUT2D eigenvalue weighted by Gasteiger charge is 2.65. The highest BCUT2D eigenvalue weighted by atomic mass is 16.3. The van der Waals surface area contributed by atoms with Gasteiger partial charge in [-0.05, 0) is 91.3 Å².